The van der Waals surface area contributed by atoms with Crippen molar-refractivity contribution in [2.75, 3.05) is 19.7 Å². The molecule has 0 spiro atoms. The summed E-state index contributed by atoms with van der Waals surface area (Å²) in [5, 5.41) is 7.17. The Kier molecular flexibility index (Phi) is 6.94. The fourth-order valence-electron chi connectivity index (χ4n) is 3.77. The van der Waals surface area contributed by atoms with Crippen molar-refractivity contribution >= 4 is 5.91 Å². The summed E-state index contributed by atoms with van der Waals surface area (Å²) in [5.74, 6) is 1.99. The second kappa shape index (κ2) is 10.2. The number of nitrogens with zero attached hydrogens (tertiary/aromatic N) is 3. The number of aromatic nitrogens is 2. The van der Waals surface area contributed by atoms with E-state index in [4.69, 9.17) is 9.26 Å². The number of hydrogen-bond donors (Lipinski definition) is 1. The Labute approximate surface area is 182 Å². The molecule has 3 aromatic rings. The topological polar surface area (TPSA) is 80.5 Å². The second-order valence-electron chi connectivity index (χ2n) is 7.99. The lowest BCUT2D eigenvalue weighted by Crippen LogP contribution is -2.46. The zero-order valence-corrected chi connectivity index (χ0v) is 17.7. The lowest BCUT2D eigenvalue weighted by Gasteiger charge is -2.31. The van der Waals surface area contributed by atoms with Gasteiger partial charge in [-0.15, -0.1) is 0 Å². The van der Waals surface area contributed by atoms with Crippen LogP contribution in [0.5, 0.6) is 5.75 Å². The Morgan fingerprint density at radius 1 is 1.19 bits per heavy atom. The van der Waals surface area contributed by atoms with Crippen LogP contribution in [0, 0.1) is 5.92 Å². The zero-order valence-electron chi connectivity index (χ0n) is 17.7. The summed E-state index contributed by atoms with van der Waals surface area (Å²) in [4.78, 5) is 19.5. The van der Waals surface area contributed by atoms with Gasteiger partial charge in [0.05, 0.1) is 18.5 Å². The molecule has 2 heterocycles. The third-order valence-electron chi connectivity index (χ3n) is 5.37. The van der Waals surface area contributed by atoms with Gasteiger partial charge in [0.25, 0.3) is 0 Å². The number of rotatable bonds is 8. The number of likely N-dealkylation sites (tertiary alicyclic amines) is 1. The lowest BCUT2D eigenvalue weighted by atomic mass is 9.97. The summed E-state index contributed by atoms with van der Waals surface area (Å²) in [7, 11) is 0. The Bertz CT molecular complexity index is 961. The third kappa shape index (κ3) is 5.92. The fraction of sp³-hybridized carbons (Fsp3) is 0.375. The highest BCUT2D eigenvalue weighted by Gasteiger charge is 2.27. The van der Waals surface area contributed by atoms with Gasteiger partial charge in [0.1, 0.15) is 12.4 Å². The maximum Gasteiger partial charge on any atom is 0.241 e. The SMILES string of the molecule is CC(COc1ccccc1)NC(=O)C1CCCN(Cc2nc(-c3ccccc3)no2)C1. The summed E-state index contributed by atoms with van der Waals surface area (Å²) in [6, 6.07) is 19.3. The normalized spacial score (nSPS) is 17.8. The van der Waals surface area contributed by atoms with Crippen molar-refractivity contribution < 1.29 is 14.1 Å². The number of para-hydroxylation sites is 1. The van der Waals surface area contributed by atoms with E-state index in [1.807, 2.05) is 67.6 Å². The average molecular weight is 421 g/mol. The second-order valence-corrected chi connectivity index (χ2v) is 7.99. The van der Waals surface area contributed by atoms with Crippen LogP contribution in [0.2, 0.25) is 0 Å². The number of nitrogens with one attached hydrogen (secondary N) is 1. The van der Waals surface area contributed by atoms with Crippen molar-refractivity contribution in [3.8, 4) is 17.1 Å². The van der Waals surface area contributed by atoms with E-state index in [0.717, 1.165) is 30.7 Å². The minimum absolute atomic E-state index is 0.0514. The Morgan fingerprint density at radius 2 is 1.94 bits per heavy atom. The van der Waals surface area contributed by atoms with Crippen LogP contribution < -0.4 is 10.1 Å². The van der Waals surface area contributed by atoms with Crippen LogP contribution in [-0.2, 0) is 11.3 Å². The van der Waals surface area contributed by atoms with Crippen LogP contribution in [0.15, 0.2) is 65.2 Å². The summed E-state index contributed by atoms with van der Waals surface area (Å²) in [6.07, 6.45) is 1.85. The average Bonchev–Trinajstić information content (AvgIpc) is 3.27. The van der Waals surface area contributed by atoms with Crippen LogP contribution in [0.1, 0.15) is 25.7 Å². The van der Waals surface area contributed by atoms with Gasteiger partial charge in [0, 0.05) is 12.1 Å². The molecule has 0 radical (unpaired) electrons. The van der Waals surface area contributed by atoms with Gasteiger partial charge in [-0.2, -0.15) is 4.98 Å². The van der Waals surface area contributed by atoms with E-state index in [-0.39, 0.29) is 17.9 Å². The number of amides is 1. The molecule has 7 heteroatoms. The molecule has 0 aliphatic carbocycles. The highest BCUT2D eigenvalue weighted by atomic mass is 16.5. The van der Waals surface area contributed by atoms with E-state index in [9.17, 15) is 4.79 Å². The number of hydrogen-bond acceptors (Lipinski definition) is 6. The largest absolute Gasteiger partial charge is 0.491 e. The molecule has 0 bridgehead atoms. The van der Waals surface area contributed by atoms with Crippen molar-refractivity contribution in [1.29, 1.82) is 0 Å². The quantitative estimate of drug-likeness (QED) is 0.600. The number of carbonyl (C=O) groups excluding carboxylic acids is 1. The van der Waals surface area contributed by atoms with Crippen molar-refractivity contribution in [2.45, 2.75) is 32.4 Å². The van der Waals surface area contributed by atoms with E-state index in [0.29, 0.717) is 31.4 Å². The molecule has 4 rings (SSSR count). The molecular weight excluding hydrogens is 392 g/mol. The number of benzene rings is 2. The van der Waals surface area contributed by atoms with Crippen molar-refractivity contribution in [3.05, 3.63) is 66.6 Å². The molecule has 1 aliphatic rings. The first-order valence-electron chi connectivity index (χ1n) is 10.8. The standard InChI is InChI=1S/C24H28N4O3/c1-18(17-30-21-12-6-3-7-13-21)25-24(29)20-11-8-14-28(15-20)16-22-26-23(27-31-22)19-9-4-2-5-10-19/h2-7,9-10,12-13,18,20H,8,11,14-17H2,1H3,(H,25,29). The fourth-order valence-corrected chi connectivity index (χ4v) is 3.77. The van der Waals surface area contributed by atoms with Crippen LogP contribution >= 0.6 is 0 Å². The predicted molar refractivity (Wildman–Crippen MR) is 117 cm³/mol. The molecular formula is C24H28N4O3. The van der Waals surface area contributed by atoms with Crippen molar-refractivity contribution in [3.63, 3.8) is 0 Å². The molecule has 1 fully saturated rings. The molecule has 2 atom stereocenters. The van der Waals surface area contributed by atoms with E-state index >= 15 is 0 Å². The number of piperidine rings is 1. The van der Waals surface area contributed by atoms with Gasteiger partial charge in [-0.3, -0.25) is 9.69 Å². The smallest absolute Gasteiger partial charge is 0.241 e. The summed E-state index contributed by atoms with van der Waals surface area (Å²) < 4.78 is 11.2. The van der Waals surface area contributed by atoms with Crippen LogP contribution in [0.4, 0.5) is 0 Å². The van der Waals surface area contributed by atoms with Gasteiger partial charge in [-0.25, -0.2) is 0 Å². The lowest BCUT2D eigenvalue weighted by molar-refractivity contribution is -0.127. The molecule has 2 unspecified atom stereocenters. The summed E-state index contributed by atoms with van der Waals surface area (Å²) in [5.41, 5.74) is 0.931. The van der Waals surface area contributed by atoms with Gasteiger partial charge in [0.2, 0.25) is 17.6 Å². The minimum atomic E-state index is -0.0625. The van der Waals surface area contributed by atoms with Gasteiger partial charge in [0.15, 0.2) is 0 Å². The Hall–Kier alpha value is -3.19. The van der Waals surface area contributed by atoms with E-state index in [1.165, 1.54) is 0 Å². The zero-order chi connectivity index (χ0) is 21.5. The first kappa shape index (κ1) is 21.1. The molecule has 1 N–H and O–H groups in total. The molecule has 1 aliphatic heterocycles. The van der Waals surface area contributed by atoms with Gasteiger partial charge in [-0.05, 0) is 38.4 Å². The van der Waals surface area contributed by atoms with Gasteiger partial charge in [-0.1, -0.05) is 53.7 Å². The molecule has 2 aromatic carbocycles. The summed E-state index contributed by atoms with van der Waals surface area (Å²) in [6.45, 7) is 4.55. The predicted octanol–water partition coefficient (Wildman–Crippen LogP) is 3.53. The molecule has 0 saturated carbocycles. The highest BCUT2D eigenvalue weighted by molar-refractivity contribution is 5.79. The maximum absolute atomic E-state index is 12.8. The maximum atomic E-state index is 12.8. The summed E-state index contributed by atoms with van der Waals surface area (Å²) >= 11 is 0. The van der Waals surface area contributed by atoms with Crippen LogP contribution in [0.3, 0.4) is 0 Å². The van der Waals surface area contributed by atoms with E-state index in [2.05, 4.69) is 20.4 Å². The number of ether oxygens (including phenoxy) is 1. The Morgan fingerprint density at radius 3 is 2.71 bits per heavy atom. The molecule has 162 valence electrons. The van der Waals surface area contributed by atoms with Crippen LogP contribution in [-0.4, -0.2) is 46.7 Å². The van der Waals surface area contributed by atoms with Crippen molar-refractivity contribution in [1.82, 2.24) is 20.4 Å². The third-order valence-corrected chi connectivity index (χ3v) is 5.37. The first-order chi connectivity index (χ1) is 15.2. The molecule has 7 nitrogen and oxygen atoms in total. The van der Waals surface area contributed by atoms with Gasteiger partial charge >= 0.3 is 0 Å². The molecule has 1 amide bonds. The van der Waals surface area contributed by atoms with Crippen molar-refractivity contribution in [2.24, 2.45) is 5.92 Å². The van der Waals surface area contributed by atoms with E-state index in [1.54, 1.807) is 0 Å². The van der Waals surface area contributed by atoms with Crippen LogP contribution in [0.25, 0.3) is 11.4 Å². The Balaban J connectivity index is 1.26. The van der Waals surface area contributed by atoms with Gasteiger partial charge < -0.3 is 14.6 Å². The molecule has 1 aromatic heterocycles. The highest BCUT2D eigenvalue weighted by Crippen LogP contribution is 2.20. The molecule has 31 heavy (non-hydrogen) atoms. The molecule has 1 saturated heterocycles. The number of carbonyl (C=O) groups is 1. The first-order valence-corrected chi connectivity index (χ1v) is 10.8. The van der Waals surface area contributed by atoms with E-state index < -0.39 is 0 Å². The minimum Gasteiger partial charge on any atom is -0.491 e. The monoisotopic (exact) mass is 420 g/mol.